The number of nitrogens with zero attached hydrogens (tertiary/aromatic N) is 4. The van der Waals surface area contributed by atoms with Crippen LogP contribution in [-0.2, 0) is 0 Å². The van der Waals surface area contributed by atoms with Crippen LogP contribution in [0.25, 0.3) is 0 Å². The Bertz CT molecular complexity index is 366. The molecule has 4 atom stereocenters. The van der Waals surface area contributed by atoms with Gasteiger partial charge in [0.05, 0.1) is 6.54 Å². The lowest BCUT2D eigenvalue weighted by Gasteiger charge is -2.48. The number of likely N-dealkylation sites (N-methyl/N-ethyl adjacent to an activating group) is 2. The number of hydrogen-bond acceptors (Lipinski definition) is 2. The minimum absolute atomic E-state index is 0.657. The molecular weight excluding hydrogens is 236 g/mol. The highest BCUT2D eigenvalue weighted by atomic mass is 15.4. The van der Waals surface area contributed by atoms with Crippen molar-refractivity contribution in [3.8, 4) is 0 Å². The molecule has 0 N–H and O–H groups in total. The molecule has 0 aromatic heterocycles. The third kappa shape index (κ3) is 2.38. The summed E-state index contributed by atoms with van der Waals surface area (Å²) in [5.74, 6) is 2.74. The molecule has 4 nitrogen and oxygen atoms in total. The van der Waals surface area contributed by atoms with Crippen LogP contribution < -0.4 is 0 Å². The number of fused-ring (bicyclic) bond motifs is 3. The summed E-state index contributed by atoms with van der Waals surface area (Å²) in [5.41, 5.74) is 0. The zero-order chi connectivity index (χ0) is 13.4. The maximum Gasteiger partial charge on any atom is 0.196 e. The average Bonchev–Trinajstić information content (AvgIpc) is 2.76. The van der Waals surface area contributed by atoms with E-state index in [4.69, 9.17) is 4.99 Å². The van der Waals surface area contributed by atoms with Crippen LogP contribution in [0.1, 0.15) is 12.8 Å². The first-order valence-corrected chi connectivity index (χ1v) is 7.52. The van der Waals surface area contributed by atoms with E-state index in [1.54, 1.807) is 0 Å². The van der Waals surface area contributed by atoms with E-state index in [-0.39, 0.29) is 0 Å². The zero-order valence-electron chi connectivity index (χ0n) is 12.3. The van der Waals surface area contributed by atoms with Gasteiger partial charge < -0.3 is 9.80 Å². The summed E-state index contributed by atoms with van der Waals surface area (Å²) in [7, 11) is 4.28. The molecule has 0 aromatic carbocycles. The smallest absolute Gasteiger partial charge is 0.196 e. The van der Waals surface area contributed by atoms with Crippen LogP contribution in [0.3, 0.4) is 0 Å². The van der Waals surface area contributed by atoms with Gasteiger partial charge in [-0.1, -0.05) is 6.08 Å². The van der Waals surface area contributed by atoms with E-state index in [2.05, 4.69) is 41.5 Å². The van der Waals surface area contributed by atoms with Gasteiger partial charge in [0, 0.05) is 39.8 Å². The molecule has 0 radical (unpaired) electrons. The van der Waals surface area contributed by atoms with Gasteiger partial charge in [0.25, 0.3) is 0 Å². The summed E-state index contributed by atoms with van der Waals surface area (Å²) in [4.78, 5) is 12.0. The minimum atomic E-state index is 0.657. The second kappa shape index (κ2) is 5.16. The Balaban J connectivity index is 1.63. The summed E-state index contributed by atoms with van der Waals surface area (Å²) in [6.45, 7) is 9.62. The van der Waals surface area contributed by atoms with E-state index >= 15 is 0 Å². The van der Waals surface area contributed by atoms with Gasteiger partial charge in [-0.2, -0.15) is 0 Å². The van der Waals surface area contributed by atoms with Crippen LogP contribution in [0.15, 0.2) is 17.6 Å². The Morgan fingerprint density at radius 3 is 2.58 bits per heavy atom. The van der Waals surface area contributed by atoms with Crippen LogP contribution in [0.4, 0.5) is 0 Å². The van der Waals surface area contributed by atoms with Crippen molar-refractivity contribution < 1.29 is 0 Å². The molecule has 0 aromatic rings. The largest absolute Gasteiger partial charge is 0.344 e. The molecule has 1 unspecified atom stereocenters. The monoisotopic (exact) mass is 262 g/mol. The van der Waals surface area contributed by atoms with Crippen molar-refractivity contribution in [1.82, 2.24) is 14.7 Å². The molecule has 0 spiro atoms. The van der Waals surface area contributed by atoms with Crippen molar-refractivity contribution in [1.29, 1.82) is 0 Å². The number of hydrogen-bond donors (Lipinski definition) is 0. The third-order valence-electron chi connectivity index (χ3n) is 5.13. The second-order valence-electron chi connectivity index (χ2n) is 6.32. The van der Waals surface area contributed by atoms with Gasteiger partial charge in [0.15, 0.2) is 5.96 Å². The van der Waals surface area contributed by atoms with Crippen LogP contribution in [0.2, 0.25) is 0 Å². The fourth-order valence-electron chi connectivity index (χ4n) is 3.86. The first-order chi connectivity index (χ1) is 9.19. The lowest BCUT2D eigenvalue weighted by molar-refractivity contribution is 0.0234. The van der Waals surface area contributed by atoms with E-state index in [9.17, 15) is 0 Å². The van der Waals surface area contributed by atoms with Gasteiger partial charge >= 0.3 is 0 Å². The summed E-state index contributed by atoms with van der Waals surface area (Å²) in [6.07, 6.45) is 4.82. The fourth-order valence-corrected chi connectivity index (χ4v) is 3.86. The lowest BCUT2D eigenvalue weighted by atomic mass is 9.76. The van der Waals surface area contributed by atoms with E-state index in [0.29, 0.717) is 6.04 Å². The molecule has 4 saturated heterocycles. The molecule has 106 valence electrons. The second-order valence-corrected chi connectivity index (χ2v) is 6.32. The molecule has 4 rings (SSSR count). The Hall–Kier alpha value is -1.03. The van der Waals surface area contributed by atoms with Crippen molar-refractivity contribution in [2.45, 2.75) is 18.9 Å². The lowest BCUT2D eigenvalue weighted by Crippen LogP contribution is -2.54. The predicted molar refractivity (Wildman–Crippen MR) is 79.3 cm³/mol. The van der Waals surface area contributed by atoms with Crippen molar-refractivity contribution in [2.24, 2.45) is 16.8 Å². The minimum Gasteiger partial charge on any atom is -0.344 e. The molecular formula is C15H26N4. The van der Waals surface area contributed by atoms with Crippen LogP contribution in [-0.4, -0.2) is 73.5 Å². The molecule has 0 amide bonds. The van der Waals surface area contributed by atoms with Gasteiger partial charge in [0.2, 0.25) is 0 Å². The first kappa shape index (κ1) is 13.0. The molecule has 4 fully saturated rings. The Kier molecular flexibility index (Phi) is 3.52. The van der Waals surface area contributed by atoms with Crippen LogP contribution in [0, 0.1) is 11.8 Å². The molecule has 2 bridgehead atoms. The van der Waals surface area contributed by atoms with Crippen molar-refractivity contribution in [3.05, 3.63) is 12.7 Å². The third-order valence-corrected chi connectivity index (χ3v) is 5.13. The molecule has 4 heterocycles. The quantitative estimate of drug-likeness (QED) is 0.712. The van der Waals surface area contributed by atoms with Gasteiger partial charge in [-0.15, -0.1) is 6.58 Å². The molecule has 4 aliphatic heterocycles. The Morgan fingerprint density at radius 1 is 1.26 bits per heavy atom. The van der Waals surface area contributed by atoms with Crippen LogP contribution in [0.5, 0.6) is 0 Å². The Morgan fingerprint density at radius 2 is 2.00 bits per heavy atom. The summed E-state index contributed by atoms with van der Waals surface area (Å²) >= 11 is 0. The maximum atomic E-state index is 4.88. The molecule has 19 heavy (non-hydrogen) atoms. The summed E-state index contributed by atoms with van der Waals surface area (Å²) < 4.78 is 0. The number of aliphatic imine (C=N–C) groups is 1. The summed E-state index contributed by atoms with van der Waals surface area (Å²) in [6, 6.07) is 0.657. The molecule has 0 saturated carbocycles. The van der Waals surface area contributed by atoms with E-state index in [1.807, 2.05) is 0 Å². The van der Waals surface area contributed by atoms with Gasteiger partial charge in [0.1, 0.15) is 0 Å². The van der Waals surface area contributed by atoms with Gasteiger partial charge in [-0.05, 0) is 31.2 Å². The highest BCUT2D eigenvalue weighted by Crippen LogP contribution is 2.36. The van der Waals surface area contributed by atoms with Gasteiger partial charge in [-0.25, -0.2) is 0 Å². The number of piperidine rings is 3. The normalized spacial score (nSPS) is 37.9. The van der Waals surface area contributed by atoms with E-state index < -0.39 is 0 Å². The zero-order valence-corrected chi connectivity index (χ0v) is 12.3. The summed E-state index contributed by atoms with van der Waals surface area (Å²) in [5, 5.41) is 0. The highest BCUT2D eigenvalue weighted by molar-refractivity contribution is 5.81. The van der Waals surface area contributed by atoms with Gasteiger partial charge in [-0.3, -0.25) is 9.89 Å². The average molecular weight is 262 g/mol. The van der Waals surface area contributed by atoms with E-state index in [0.717, 1.165) is 31.5 Å². The fraction of sp³-hybridized carbons (Fsp3) is 0.800. The molecule has 4 aliphatic rings. The van der Waals surface area contributed by atoms with Crippen molar-refractivity contribution in [3.63, 3.8) is 0 Å². The molecule has 0 aliphatic carbocycles. The van der Waals surface area contributed by atoms with Crippen molar-refractivity contribution in [2.75, 3.05) is 46.8 Å². The van der Waals surface area contributed by atoms with Crippen LogP contribution >= 0.6 is 0 Å². The number of rotatable bonds is 3. The SMILES string of the molecule is C=C[C@H]1CN2CC[C@H]1C[C@@H]2CN=C1N(C)CCN1C. The van der Waals surface area contributed by atoms with E-state index in [1.165, 1.54) is 31.9 Å². The Labute approximate surface area is 116 Å². The first-order valence-electron chi connectivity index (χ1n) is 7.52. The topological polar surface area (TPSA) is 22.1 Å². The number of guanidine groups is 1. The van der Waals surface area contributed by atoms with Crippen molar-refractivity contribution >= 4 is 5.96 Å². The maximum absolute atomic E-state index is 4.88. The molecule has 4 heteroatoms. The predicted octanol–water partition coefficient (Wildman–Crippen LogP) is 1.12. The standard InChI is InChI=1S/C15H26N4/c1-4-12-11-19-6-5-13(12)9-14(19)10-16-15-17(2)7-8-18(15)3/h4,12-14H,1,5-11H2,2-3H3/t12-,13-,14+/m0/s1. The highest BCUT2D eigenvalue weighted by Gasteiger charge is 2.38.